The SMILES string of the molecule is CC(C)n1c(CC(=O)C(F)(F)F)nc2cccnc21. The van der Waals surface area contributed by atoms with Gasteiger partial charge in [0, 0.05) is 12.2 Å². The highest BCUT2D eigenvalue weighted by Crippen LogP contribution is 2.23. The van der Waals surface area contributed by atoms with Gasteiger partial charge < -0.3 is 4.57 Å². The zero-order valence-corrected chi connectivity index (χ0v) is 10.4. The zero-order chi connectivity index (χ0) is 14.2. The van der Waals surface area contributed by atoms with Crippen molar-refractivity contribution in [1.29, 1.82) is 0 Å². The number of ketones is 1. The van der Waals surface area contributed by atoms with Crippen molar-refractivity contribution in [2.75, 3.05) is 0 Å². The molecule has 0 fully saturated rings. The Morgan fingerprint density at radius 2 is 2.11 bits per heavy atom. The monoisotopic (exact) mass is 271 g/mol. The average molecular weight is 271 g/mol. The predicted molar refractivity (Wildman–Crippen MR) is 62.7 cm³/mol. The van der Waals surface area contributed by atoms with Gasteiger partial charge in [-0.25, -0.2) is 9.97 Å². The summed E-state index contributed by atoms with van der Waals surface area (Å²) in [5.74, 6) is -1.71. The van der Waals surface area contributed by atoms with Gasteiger partial charge in [0.05, 0.1) is 6.42 Å². The fourth-order valence-corrected chi connectivity index (χ4v) is 1.89. The van der Waals surface area contributed by atoms with Crippen LogP contribution < -0.4 is 0 Å². The highest BCUT2D eigenvalue weighted by Gasteiger charge is 2.39. The lowest BCUT2D eigenvalue weighted by Crippen LogP contribution is -2.26. The molecule has 4 nitrogen and oxygen atoms in total. The summed E-state index contributed by atoms with van der Waals surface area (Å²) in [6.07, 6.45) is -4.07. The molecule has 0 N–H and O–H groups in total. The van der Waals surface area contributed by atoms with E-state index < -0.39 is 18.4 Å². The molecular formula is C12H12F3N3O. The Balaban J connectivity index is 2.48. The first-order chi connectivity index (χ1) is 8.80. The molecule has 0 atom stereocenters. The van der Waals surface area contributed by atoms with Crippen LogP contribution in [0.2, 0.25) is 0 Å². The van der Waals surface area contributed by atoms with E-state index in [2.05, 4.69) is 9.97 Å². The number of pyridine rings is 1. The van der Waals surface area contributed by atoms with Crippen LogP contribution in [-0.4, -0.2) is 26.5 Å². The number of alkyl halides is 3. The molecule has 0 spiro atoms. The molecular weight excluding hydrogens is 259 g/mol. The van der Waals surface area contributed by atoms with Crippen molar-refractivity contribution in [2.45, 2.75) is 32.5 Å². The minimum absolute atomic E-state index is 0.0889. The van der Waals surface area contributed by atoms with E-state index in [4.69, 9.17) is 0 Å². The van der Waals surface area contributed by atoms with Crippen LogP contribution >= 0.6 is 0 Å². The molecule has 2 aromatic heterocycles. The van der Waals surface area contributed by atoms with E-state index in [-0.39, 0.29) is 11.9 Å². The van der Waals surface area contributed by atoms with Crippen molar-refractivity contribution in [3.8, 4) is 0 Å². The van der Waals surface area contributed by atoms with Crippen molar-refractivity contribution < 1.29 is 18.0 Å². The molecule has 19 heavy (non-hydrogen) atoms. The number of rotatable bonds is 3. The number of carbonyl (C=O) groups excluding carboxylic acids is 1. The highest BCUT2D eigenvalue weighted by molar-refractivity contribution is 5.86. The van der Waals surface area contributed by atoms with Crippen molar-refractivity contribution in [3.05, 3.63) is 24.2 Å². The summed E-state index contributed by atoms with van der Waals surface area (Å²) in [7, 11) is 0. The van der Waals surface area contributed by atoms with Gasteiger partial charge in [0.1, 0.15) is 11.3 Å². The average Bonchev–Trinajstić information content (AvgIpc) is 2.65. The number of imidazole rings is 1. The van der Waals surface area contributed by atoms with Crippen LogP contribution in [0.3, 0.4) is 0 Å². The molecule has 0 saturated heterocycles. The summed E-state index contributed by atoms with van der Waals surface area (Å²) in [6, 6.07) is 3.17. The number of fused-ring (bicyclic) bond motifs is 1. The van der Waals surface area contributed by atoms with Crippen LogP contribution in [0, 0.1) is 0 Å². The fraction of sp³-hybridized carbons (Fsp3) is 0.417. The number of aromatic nitrogens is 3. The van der Waals surface area contributed by atoms with E-state index in [0.717, 1.165) is 0 Å². The number of Topliss-reactive ketones (excluding diaryl/α,β-unsaturated/α-hetero) is 1. The minimum Gasteiger partial charge on any atom is -0.310 e. The number of nitrogens with zero attached hydrogens (tertiary/aromatic N) is 3. The maximum Gasteiger partial charge on any atom is 0.450 e. The van der Waals surface area contributed by atoms with E-state index in [9.17, 15) is 18.0 Å². The van der Waals surface area contributed by atoms with E-state index in [1.165, 1.54) is 6.20 Å². The Bertz CT molecular complexity index is 616. The molecule has 0 aliphatic rings. The molecule has 0 saturated carbocycles. The number of hydrogen-bond acceptors (Lipinski definition) is 3. The topological polar surface area (TPSA) is 47.8 Å². The predicted octanol–water partition coefficient (Wildman–Crippen LogP) is 2.69. The van der Waals surface area contributed by atoms with E-state index in [1.807, 2.05) is 0 Å². The van der Waals surface area contributed by atoms with Crippen LogP contribution in [0.25, 0.3) is 11.2 Å². The summed E-state index contributed by atoms with van der Waals surface area (Å²) < 4.78 is 38.5. The van der Waals surface area contributed by atoms with Gasteiger partial charge in [-0.2, -0.15) is 13.2 Å². The molecule has 2 heterocycles. The zero-order valence-electron chi connectivity index (χ0n) is 10.4. The summed E-state index contributed by atoms with van der Waals surface area (Å²) in [5, 5.41) is 0. The summed E-state index contributed by atoms with van der Waals surface area (Å²) in [5.41, 5.74) is 0.976. The largest absolute Gasteiger partial charge is 0.450 e. The number of halogens is 3. The van der Waals surface area contributed by atoms with Gasteiger partial charge in [0.15, 0.2) is 5.65 Å². The maximum absolute atomic E-state index is 12.3. The Labute approximate surface area is 107 Å². The molecule has 0 aliphatic carbocycles. The highest BCUT2D eigenvalue weighted by atomic mass is 19.4. The lowest BCUT2D eigenvalue weighted by atomic mass is 10.2. The minimum atomic E-state index is -4.84. The van der Waals surface area contributed by atoms with Crippen molar-refractivity contribution >= 4 is 16.9 Å². The molecule has 2 rings (SSSR count). The van der Waals surface area contributed by atoms with Gasteiger partial charge in [0.2, 0.25) is 5.78 Å². The smallest absolute Gasteiger partial charge is 0.310 e. The first-order valence-electron chi connectivity index (χ1n) is 5.72. The molecule has 0 unspecified atom stereocenters. The molecule has 0 radical (unpaired) electrons. The second-order valence-electron chi connectivity index (χ2n) is 4.44. The van der Waals surface area contributed by atoms with Gasteiger partial charge >= 0.3 is 6.18 Å². The second-order valence-corrected chi connectivity index (χ2v) is 4.44. The summed E-state index contributed by atoms with van der Waals surface area (Å²) in [6.45, 7) is 3.61. The Hall–Kier alpha value is -1.92. The standard InChI is InChI=1S/C12H12F3N3O/c1-7(2)18-10(6-9(19)12(13,14)15)17-8-4-3-5-16-11(8)18/h3-5,7H,6H2,1-2H3. The number of carbonyl (C=O) groups is 1. The van der Waals surface area contributed by atoms with Crippen LogP contribution in [0.5, 0.6) is 0 Å². The van der Waals surface area contributed by atoms with Gasteiger partial charge in [-0.05, 0) is 26.0 Å². The normalized spacial score (nSPS) is 12.3. The van der Waals surface area contributed by atoms with Crippen molar-refractivity contribution in [1.82, 2.24) is 14.5 Å². The van der Waals surface area contributed by atoms with E-state index >= 15 is 0 Å². The first-order valence-corrected chi connectivity index (χ1v) is 5.72. The molecule has 0 amide bonds. The third kappa shape index (κ3) is 2.59. The van der Waals surface area contributed by atoms with Gasteiger partial charge in [-0.1, -0.05) is 0 Å². The molecule has 0 bridgehead atoms. The summed E-state index contributed by atoms with van der Waals surface area (Å²) >= 11 is 0. The van der Waals surface area contributed by atoms with Gasteiger partial charge in [-0.15, -0.1) is 0 Å². The first kappa shape index (κ1) is 13.5. The quantitative estimate of drug-likeness (QED) is 0.862. The van der Waals surface area contributed by atoms with Crippen molar-refractivity contribution in [3.63, 3.8) is 0 Å². The summed E-state index contributed by atoms with van der Waals surface area (Å²) in [4.78, 5) is 19.3. The molecule has 7 heteroatoms. The fourth-order valence-electron chi connectivity index (χ4n) is 1.89. The van der Waals surface area contributed by atoms with Crippen LogP contribution in [-0.2, 0) is 11.2 Å². The van der Waals surface area contributed by atoms with Crippen molar-refractivity contribution in [2.24, 2.45) is 0 Å². The van der Waals surface area contributed by atoms with Gasteiger partial charge in [-0.3, -0.25) is 4.79 Å². The Morgan fingerprint density at radius 3 is 2.68 bits per heavy atom. The number of hydrogen-bond donors (Lipinski definition) is 0. The third-order valence-corrected chi connectivity index (χ3v) is 2.67. The lowest BCUT2D eigenvalue weighted by Gasteiger charge is -2.12. The Morgan fingerprint density at radius 1 is 1.42 bits per heavy atom. The van der Waals surface area contributed by atoms with E-state index in [0.29, 0.717) is 11.2 Å². The Kier molecular flexibility index (Phi) is 3.30. The van der Waals surface area contributed by atoms with Crippen LogP contribution in [0.1, 0.15) is 25.7 Å². The lowest BCUT2D eigenvalue weighted by molar-refractivity contribution is -0.170. The van der Waals surface area contributed by atoms with Gasteiger partial charge in [0.25, 0.3) is 0 Å². The molecule has 0 aliphatic heterocycles. The van der Waals surface area contributed by atoms with E-state index in [1.54, 1.807) is 30.5 Å². The van der Waals surface area contributed by atoms with Crippen LogP contribution in [0.4, 0.5) is 13.2 Å². The molecule has 0 aromatic carbocycles. The third-order valence-electron chi connectivity index (χ3n) is 2.67. The maximum atomic E-state index is 12.3. The molecule has 2 aromatic rings. The van der Waals surface area contributed by atoms with Crippen LogP contribution in [0.15, 0.2) is 18.3 Å². The molecule has 102 valence electrons. The second kappa shape index (κ2) is 4.64.